The Labute approximate surface area is 121 Å². The van der Waals surface area contributed by atoms with E-state index < -0.39 is 12.1 Å². The van der Waals surface area contributed by atoms with Crippen molar-refractivity contribution in [2.24, 2.45) is 0 Å². The highest BCUT2D eigenvalue weighted by Gasteiger charge is 2.25. The van der Waals surface area contributed by atoms with Gasteiger partial charge in [-0.3, -0.25) is 0 Å². The summed E-state index contributed by atoms with van der Waals surface area (Å²) in [5.41, 5.74) is 6.67. The summed E-state index contributed by atoms with van der Waals surface area (Å²) in [5.74, 6) is -0.0367. The number of carbonyl (C=O) groups excluding carboxylic acids is 2. The lowest BCUT2D eigenvalue weighted by Crippen LogP contribution is -2.19. The third-order valence-corrected chi connectivity index (χ3v) is 2.91. The first-order valence-electron chi connectivity index (χ1n) is 6.36. The average Bonchev–Trinajstić information content (AvgIpc) is 3.08. The molecule has 0 aliphatic carbocycles. The molecule has 0 saturated carbocycles. The van der Waals surface area contributed by atoms with Gasteiger partial charge in [0.25, 0.3) is 0 Å². The Morgan fingerprint density at radius 1 is 1.43 bits per heavy atom. The number of nitrogens with two attached hydrogens (primary N) is 1. The molecule has 0 aliphatic rings. The highest BCUT2D eigenvalue weighted by atomic mass is 16.6. The van der Waals surface area contributed by atoms with Crippen molar-refractivity contribution in [1.82, 2.24) is 4.57 Å². The van der Waals surface area contributed by atoms with E-state index in [0.29, 0.717) is 17.7 Å². The molecule has 2 aromatic heterocycles. The summed E-state index contributed by atoms with van der Waals surface area (Å²) in [5, 5.41) is 0. The first kappa shape index (κ1) is 14.7. The molecular formula is C14H16N2O5. The Kier molecular flexibility index (Phi) is 4.32. The summed E-state index contributed by atoms with van der Waals surface area (Å²) in [6, 6.07) is 3.52. The minimum atomic E-state index is -0.703. The van der Waals surface area contributed by atoms with Gasteiger partial charge in [0.2, 0.25) is 0 Å². The van der Waals surface area contributed by atoms with Gasteiger partial charge in [0, 0.05) is 18.2 Å². The van der Waals surface area contributed by atoms with Gasteiger partial charge < -0.3 is 19.6 Å². The molecule has 0 spiro atoms. The van der Waals surface area contributed by atoms with Gasteiger partial charge in [0.1, 0.15) is 5.76 Å². The first-order valence-corrected chi connectivity index (χ1v) is 6.36. The zero-order valence-corrected chi connectivity index (χ0v) is 11.8. The Hall–Kier alpha value is -2.70. The number of nitrogen functional groups attached to an aromatic ring is 1. The second-order valence-corrected chi connectivity index (χ2v) is 4.23. The summed E-state index contributed by atoms with van der Waals surface area (Å²) in [6.07, 6.45) is 2.67. The number of methoxy groups -OCH3 is 1. The first-order chi connectivity index (χ1) is 10.1. The molecule has 112 valence electrons. The third-order valence-electron chi connectivity index (χ3n) is 2.91. The normalized spacial score (nSPS) is 10.4. The monoisotopic (exact) mass is 292 g/mol. The second kappa shape index (κ2) is 6.17. The maximum atomic E-state index is 11.9. The predicted octanol–water partition coefficient (Wildman–Crippen LogP) is 2.05. The summed E-state index contributed by atoms with van der Waals surface area (Å²) in [6.45, 7) is 1.86. The standard InChI is InChI=1S/C14H16N2O5/c1-3-20-14(18)16-8-9(7-10-5-4-6-21-10)11(15)12(16)13(17)19-2/h4-6,8H,3,7,15H2,1-2H3. The number of esters is 1. The quantitative estimate of drug-likeness (QED) is 0.866. The van der Waals surface area contributed by atoms with Crippen molar-refractivity contribution >= 4 is 17.7 Å². The molecule has 0 radical (unpaired) electrons. The number of rotatable bonds is 4. The summed E-state index contributed by atoms with van der Waals surface area (Å²) < 4.78 is 15.9. The van der Waals surface area contributed by atoms with E-state index in [-0.39, 0.29) is 18.0 Å². The van der Waals surface area contributed by atoms with Gasteiger partial charge in [-0.05, 0) is 19.1 Å². The average molecular weight is 292 g/mol. The molecule has 0 amide bonds. The molecule has 0 saturated heterocycles. The summed E-state index contributed by atoms with van der Waals surface area (Å²) in [4.78, 5) is 23.7. The van der Waals surface area contributed by atoms with Crippen LogP contribution < -0.4 is 5.73 Å². The molecule has 2 aromatic rings. The SMILES string of the molecule is CCOC(=O)n1cc(Cc2ccco2)c(N)c1C(=O)OC. The molecule has 0 aromatic carbocycles. The number of nitrogens with zero attached hydrogens (tertiary/aromatic N) is 1. The number of carbonyl (C=O) groups is 2. The molecule has 0 fully saturated rings. The van der Waals surface area contributed by atoms with Crippen molar-refractivity contribution in [3.63, 3.8) is 0 Å². The van der Waals surface area contributed by atoms with Crippen LogP contribution in [0.3, 0.4) is 0 Å². The van der Waals surface area contributed by atoms with Crippen molar-refractivity contribution < 1.29 is 23.5 Å². The Balaban J connectivity index is 2.43. The third kappa shape index (κ3) is 2.91. The van der Waals surface area contributed by atoms with Crippen LogP contribution in [0.2, 0.25) is 0 Å². The molecule has 0 bridgehead atoms. The van der Waals surface area contributed by atoms with Crippen LogP contribution in [0.1, 0.15) is 28.7 Å². The molecule has 2 rings (SSSR count). The van der Waals surface area contributed by atoms with Crippen LogP contribution in [0.15, 0.2) is 29.0 Å². The highest BCUT2D eigenvalue weighted by molar-refractivity contribution is 5.98. The van der Waals surface area contributed by atoms with E-state index in [1.165, 1.54) is 19.6 Å². The summed E-state index contributed by atoms with van der Waals surface area (Å²) >= 11 is 0. The number of hydrogen-bond acceptors (Lipinski definition) is 6. The van der Waals surface area contributed by atoms with Crippen molar-refractivity contribution in [1.29, 1.82) is 0 Å². The zero-order valence-electron chi connectivity index (χ0n) is 11.8. The van der Waals surface area contributed by atoms with Gasteiger partial charge >= 0.3 is 12.1 Å². The van der Waals surface area contributed by atoms with Gasteiger partial charge in [-0.25, -0.2) is 14.2 Å². The Bertz CT molecular complexity index is 643. The number of anilines is 1. The molecule has 2 N–H and O–H groups in total. The van der Waals surface area contributed by atoms with E-state index in [0.717, 1.165) is 4.57 Å². The Morgan fingerprint density at radius 2 is 2.19 bits per heavy atom. The number of hydrogen-bond donors (Lipinski definition) is 1. The maximum absolute atomic E-state index is 11.9. The van der Waals surface area contributed by atoms with Crippen LogP contribution in [-0.2, 0) is 15.9 Å². The molecule has 7 nitrogen and oxygen atoms in total. The van der Waals surface area contributed by atoms with Crippen molar-refractivity contribution in [3.8, 4) is 0 Å². The molecule has 0 atom stereocenters. The van der Waals surface area contributed by atoms with E-state index in [1.54, 1.807) is 19.1 Å². The van der Waals surface area contributed by atoms with Crippen LogP contribution in [0.5, 0.6) is 0 Å². The molecule has 7 heteroatoms. The van der Waals surface area contributed by atoms with Crippen LogP contribution in [-0.4, -0.2) is 30.3 Å². The molecule has 2 heterocycles. The predicted molar refractivity (Wildman–Crippen MR) is 74.1 cm³/mol. The number of furan rings is 1. The van der Waals surface area contributed by atoms with Crippen LogP contribution in [0, 0.1) is 0 Å². The smallest absolute Gasteiger partial charge is 0.418 e. The zero-order chi connectivity index (χ0) is 15.4. The summed E-state index contributed by atoms with van der Waals surface area (Å²) in [7, 11) is 1.22. The molecule has 21 heavy (non-hydrogen) atoms. The number of ether oxygens (including phenoxy) is 2. The molecule has 0 aliphatic heterocycles. The van der Waals surface area contributed by atoms with Crippen LogP contribution >= 0.6 is 0 Å². The van der Waals surface area contributed by atoms with E-state index in [2.05, 4.69) is 4.74 Å². The second-order valence-electron chi connectivity index (χ2n) is 4.23. The minimum Gasteiger partial charge on any atom is -0.469 e. The lowest BCUT2D eigenvalue weighted by Gasteiger charge is -2.06. The lowest BCUT2D eigenvalue weighted by molar-refractivity contribution is 0.0587. The van der Waals surface area contributed by atoms with Crippen molar-refractivity contribution in [2.75, 3.05) is 19.5 Å². The maximum Gasteiger partial charge on any atom is 0.418 e. The fraction of sp³-hybridized carbons (Fsp3) is 0.286. The van der Waals surface area contributed by atoms with Crippen molar-refractivity contribution in [3.05, 3.63) is 41.6 Å². The van der Waals surface area contributed by atoms with E-state index in [1.807, 2.05) is 0 Å². The van der Waals surface area contributed by atoms with Gasteiger partial charge in [-0.15, -0.1) is 0 Å². The van der Waals surface area contributed by atoms with Crippen LogP contribution in [0.25, 0.3) is 0 Å². The van der Waals surface area contributed by atoms with E-state index >= 15 is 0 Å². The Morgan fingerprint density at radius 3 is 2.76 bits per heavy atom. The fourth-order valence-corrected chi connectivity index (χ4v) is 1.96. The molecular weight excluding hydrogens is 276 g/mol. The van der Waals surface area contributed by atoms with E-state index in [4.69, 9.17) is 14.9 Å². The van der Waals surface area contributed by atoms with Crippen LogP contribution in [0.4, 0.5) is 10.5 Å². The minimum absolute atomic E-state index is 0.0440. The van der Waals surface area contributed by atoms with Gasteiger partial charge in [0.15, 0.2) is 5.69 Å². The number of aromatic nitrogens is 1. The van der Waals surface area contributed by atoms with Gasteiger partial charge in [-0.2, -0.15) is 0 Å². The highest BCUT2D eigenvalue weighted by Crippen LogP contribution is 2.24. The van der Waals surface area contributed by atoms with Gasteiger partial charge in [-0.1, -0.05) is 0 Å². The largest absolute Gasteiger partial charge is 0.469 e. The van der Waals surface area contributed by atoms with Crippen molar-refractivity contribution in [2.45, 2.75) is 13.3 Å². The fourth-order valence-electron chi connectivity index (χ4n) is 1.96. The molecule has 0 unspecified atom stereocenters. The lowest BCUT2D eigenvalue weighted by atomic mass is 10.1. The van der Waals surface area contributed by atoms with Gasteiger partial charge in [0.05, 0.1) is 25.7 Å². The topological polar surface area (TPSA) is 96.7 Å². The van der Waals surface area contributed by atoms with E-state index in [9.17, 15) is 9.59 Å².